The zero-order valence-electron chi connectivity index (χ0n) is 12.4. The first-order valence-electron chi connectivity index (χ1n) is 7.53. The van der Waals surface area contributed by atoms with E-state index in [1.165, 1.54) is 25.0 Å². The van der Waals surface area contributed by atoms with Gasteiger partial charge >= 0.3 is 0 Å². The molecule has 2 nitrogen and oxygen atoms in total. The first kappa shape index (κ1) is 15.2. The molecular formula is C17H24FNO. The van der Waals surface area contributed by atoms with E-state index in [0.29, 0.717) is 13.0 Å². The van der Waals surface area contributed by atoms with Gasteiger partial charge in [-0.25, -0.2) is 4.39 Å². The van der Waals surface area contributed by atoms with Crippen LogP contribution in [0.3, 0.4) is 0 Å². The van der Waals surface area contributed by atoms with Crippen molar-refractivity contribution in [3.8, 4) is 0 Å². The molecule has 0 unspecified atom stereocenters. The summed E-state index contributed by atoms with van der Waals surface area (Å²) in [7, 11) is 0. The van der Waals surface area contributed by atoms with Gasteiger partial charge in [-0.05, 0) is 55.5 Å². The Morgan fingerprint density at radius 3 is 2.40 bits per heavy atom. The number of likely N-dealkylation sites (tertiary alicyclic amines) is 1. The highest BCUT2D eigenvalue weighted by molar-refractivity contribution is 5.82. The van der Waals surface area contributed by atoms with Crippen LogP contribution in [-0.4, -0.2) is 30.3 Å². The molecule has 3 heteroatoms. The number of benzene rings is 1. The second-order valence-electron chi connectivity index (χ2n) is 6.20. The van der Waals surface area contributed by atoms with E-state index in [1.807, 2.05) is 0 Å². The summed E-state index contributed by atoms with van der Waals surface area (Å²) < 4.78 is 12.8. The van der Waals surface area contributed by atoms with Crippen LogP contribution >= 0.6 is 0 Å². The smallest absolute Gasteiger partial charge is 0.151 e. The van der Waals surface area contributed by atoms with Gasteiger partial charge in [0.1, 0.15) is 5.82 Å². The van der Waals surface area contributed by atoms with Gasteiger partial charge in [-0.15, -0.1) is 0 Å². The largest absolute Gasteiger partial charge is 0.298 e. The van der Waals surface area contributed by atoms with Gasteiger partial charge < -0.3 is 0 Å². The van der Waals surface area contributed by atoms with Crippen molar-refractivity contribution in [2.45, 2.75) is 33.1 Å². The van der Waals surface area contributed by atoms with Gasteiger partial charge in [-0.3, -0.25) is 9.69 Å². The molecule has 0 saturated carbocycles. The lowest BCUT2D eigenvalue weighted by Gasteiger charge is -2.33. The monoisotopic (exact) mass is 277 g/mol. The Bertz CT molecular complexity index is 433. The molecule has 0 atom stereocenters. The molecule has 0 amide bonds. The maximum Gasteiger partial charge on any atom is 0.151 e. The van der Waals surface area contributed by atoms with E-state index in [0.717, 1.165) is 30.5 Å². The highest BCUT2D eigenvalue weighted by atomic mass is 19.1. The van der Waals surface area contributed by atoms with Crippen molar-refractivity contribution in [1.29, 1.82) is 0 Å². The summed E-state index contributed by atoms with van der Waals surface area (Å²) in [6.07, 6.45) is 2.80. The summed E-state index contributed by atoms with van der Waals surface area (Å²) in [5.74, 6) is 1.52. The molecule has 0 spiro atoms. The summed E-state index contributed by atoms with van der Waals surface area (Å²) in [6.45, 7) is 7.14. The van der Waals surface area contributed by atoms with Gasteiger partial charge in [-0.2, -0.15) is 0 Å². The number of piperidine rings is 1. The number of ketones is 1. The number of Topliss-reactive ketones (excluding diaryl/α,β-unsaturated/α-hetero) is 1. The Balaban J connectivity index is 1.77. The highest BCUT2D eigenvalue weighted by Gasteiger charge is 2.22. The Morgan fingerprint density at radius 2 is 1.85 bits per heavy atom. The van der Waals surface area contributed by atoms with Crippen LogP contribution in [0.2, 0.25) is 0 Å². The SMILES string of the molecule is CC(C)C1CCN(CC(=O)Cc2ccc(F)cc2)CC1. The minimum absolute atomic E-state index is 0.222. The molecule has 0 N–H and O–H groups in total. The number of carbonyl (C=O) groups excluding carboxylic acids is 1. The number of halogens is 1. The van der Waals surface area contributed by atoms with E-state index in [1.54, 1.807) is 12.1 Å². The van der Waals surface area contributed by atoms with E-state index in [4.69, 9.17) is 0 Å². The molecule has 1 heterocycles. The molecule has 0 radical (unpaired) electrons. The predicted octanol–water partition coefficient (Wildman–Crippen LogP) is 3.31. The lowest BCUT2D eigenvalue weighted by Crippen LogP contribution is -2.38. The van der Waals surface area contributed by atoms with E-state index in [-0.39, 0.29) is 11.6 Å². The van der Waals surface area contributed by atoms with Gasteiger partial charge in [0.25, 0.3) is 0 Å². The fourth-order valence-corrected chi connectivity index (χ4v) is 2.91. The number of rotatable bonds is 5. The minimum atomic E-state index is -0.253. The molecular weight excluding hydrogens is 253 g/mol. The molecule has 20 heavy (non-hydrogen) atoms. The Labute approximate surface area is 121 Å². The third-order valence-electron chi connectivity index (χ3n) is 4.29. The van der Waals surface area contributed by atoms with Crippen molar-refractivity contribution in [1.82, 2.24) is 4.90 Å². The lowest BCUT2D eigenvalue weighted by atomic mass is 9.86. The second-order valence-corrected chi connectivity index (χ2v) is 6.20. The third-order valence-corrected chi connectivity index (χ3v) is 4.29. The zero-order chi connectivity index (χ0) is 14.5. The van der Waals surface area contributed by atoms with Crippen LogP contribution in [0.5, 0.6) is 0 Å². The molecule has 1 aromatic carbocycles. The first-order chi connectivity index (χ1) is 9.54. The number of hydrogen-bond acceptors (Lipinski definition) is 2. The quantitative estimate of drug-likeness (QED) is 0.823. The normalized spacial score (nSPS) is 17.6. The van der Waals surface area contributed by atoms with Gasteiger partial charge in [0.2, 0.25) is 0 Å². The Hall–Kier alpha value is -1.22. The Kier molecular flexibility index (Phi) is 5.30. The maximum absolute atomic E-state index is 12.8. The van der Waals surface area contributed by atoms with E-state index in [9.17, 15) is 9.18 Å². The average molecular weight is 277 g/mol. The lowest BCUT2D eigenvalue weighted by molar-refractivity contribution is -0.119. The molecule has 1 aliphatic heterocycles. The number of nitrogens with zero attached hydrogens (tertiary/aromatic N) is 1. The molecule has 1 aliphatic rings. The first-order valence-corrected chi connectivity index (χ1v) is 7.53. The highest BCUT2D eigenvalue weighted by Crippen LogP contribution is 2.24. The average Bonchev–Trinajstić information content (AvgIpc) is 2.42. The van der Waals surface area contributed by atoms with Crippen molar-refractivity contribution in [3.63, 3.8) is 0 Å². The molecule has 0 bridgehead atoms. The van der Waals surface area contributed by atoms with Crippen LogP contribution in [0, 0.1) is 17.7 Å². The predicted molar refractivity (Wildman–Crippen MR) is 79.1 cm³/mol. The summed E-state index contributed by atoms with van der Waals surface area (Å²) in [6, 6.07) is 6.21. The van der Waals surface area contributed by atoms with Crippen molar-refractivity contribution >= 4 is 5.78 Å². The van der Waals surface area contributed by atoms with Gasteiger partial charge in [0.05, 0.1) is 6.54 Å². The minimum Gasteiger partial charge on any atom is -0.298 e. The van der Waals surface area contributed by atoms with Crippen LogP contribution in [0.4, 0.5) is 4.39 Å². The number of hydrogen-bond donors (Lipinski definition) is 0. The maximum atomic E-state index is 12.8. The van der Waals surface area contributed by atoms with E-state index >= 15 is 0 Å². The fourth-order valence-electron chi connectivity index (χ4n) is 2.91. The summed E-state index contributed by atoms with van der Waals surface area (Å²) in [5.41, 5.74) is 0.897. The summed E-state index contributed by atoms with van der Waals surface area (Å²) in [4.78, 5) is 14.3. The van der Waals surface area contributed by atoms with Crippen molar-refractivity contribution in [2.75, 3.05) is 19.6 Å². The van der Waals surface area contributed by atoms with Gasteiger partial charge in [0.15, 0.2) is 5.78 Å². The van der Waals surface area contributed by atoms with Crippen LogP contribution in [0.25, 0.3) is 0 Å². The van der Waals surface area contributed by atoms with Crippen LogP contribution < -0.4 is 0 Å². The number of carbonyl (C=O) groups is 1. The molecule has 110 valence electrons. The molecule has 0 aliphatic carbocycles. The molecule has 2 rings (SSSR count). The van der Waals surface area contributed by atoms with Crippen LogP contribution in [-0.2, 0) is 11.2 Å². The van der Waals surface area contributed by atoms with Crippen molar-refractivity contribution < 1.29 is 9.18 Å². The molecule has 1 aromatic rings. The third kappa shape index (κ3) is 4.41. The van der Waals surface area contributed by atoms with Gasteiger partial charge in [0, 0.05) is 6.42 Å². The summed E-state index contributed by atoms with van der Waals surface area (Å²) in [5, 5.41) is 0. The summed E-state index contributed by atoms with van der Waals surface area (Å²) >= 11 is 0. The zero-order valence-corrected chi connectivity index (χ0v) is 12.4. The fraction of sp³-hybridized carbons (Fsp3) is 0.588. The standard InChI is InChI=1S/C17H24FNO/c1-13(2)15-7-9-19(10-8-15)12-17(20)11-14-3-5-16(18)6-4-14/h3-6,13,15H,7-12H2,1-2H3. The second kappa shape index (κ2) is 6.98. The van der Waals surface area contributed by atoms with Crippen LogP contribution in [0.15, 0.2) is 24.3 Å². The van der Waals surface area contributed by atoms with E-state index < -0.39 is 0 Å². The molecule has 0 aromatic heterocycles. The van der Waals surface area contributed by atoms with Gasteiger partial charge in [-0.1, -0.05) is 26.0 Å². The molecule has 1 saturated heterocycles. The van der Waals surface area contributed by atoms with E-state index in [2.05, 4.69) is 18.7 Å². The molecule has 1 fully saturated rings. The Morgan fingerprint density at radius 1 is 1.25 bits per heavy atom. The topological polar surface area (TPSA) is 20.3 Å². The van der Waals surface area contributed by atoms with Crippen molar-refractivity contribution in [2.24, 2.45) is 11.8 Å². The van der Waals surface area contributed by atoms with Crippen molar-refractivity contribution in [3.05, 3.63) is 35.6 Å². The van der Waals surface area contributed by atoms with Crippen LogP contribution in [0.1, 0.15) is 32.3 Å².